The van der Waals surface area contributed by atoms with Gasteiger partial charge < -0.3 is 10.1 Å². The molecule has 0 bridgehead atoms. The quantitative estimate of drug-likeness (QED) is 0.754. The average Bonchev–Trinajstić information content (AvgIpc) is 2.78. The van der Waals surface area contributed by atoms with Crippen LogP contribution >= 0.6 is 0 Å². The van der Waals surface area contributed by atoms with Crippen molar-refractivity contribution in [2.24, 2.45) is 0 Å². The largest absolute Gasteiger partial charge is 0.493 e. The minimum absolute atomic E-state index is 0.704. The summed E-state index contributed by atoms with van der Waals surface area (Å²) in [6.07, 6.45) is 3.72. The van der Waals surface area contributed by atoms with Crippen LogP contribution < -0.4 is 10.1 Å². The molecule has 2 nitrogen and oxygen atoms in total. The standard InChI is InChI=1S/C13H17NO/c1-4-11(10-3-2-7-14-9-10)12-6-8-15-13(12)5-1/h1,4-5,10,14H,2-3,6-9H2/t10-/m1/s1. The number of piperidine rings is 1. The summed E-state index contributed by atoms with van der Waals surface area (Å²) in [4.78, 5) is 0. The Hall–Kier alpha value is -1.02. The first-order valence-corrected chi connectivity index (χ1v) is 5.90. The number of rotatable bonds is 1. The lowest BCUT2D eigenvalue weighted by Crippen LogP contribution is -2.28. The van der Waals surface area contributed by atoms with Crippen molar-refractivity contribution >= 4 is 0 Å². The third-order valence-electron chi connectivity index (χ3n) is 3.52. The highest BCUT2D eigenvalue weighted by Gasteiger charge is 2.22. The summed E-state index contributed by atoms with van der Waals surface area (Å²) in [7, 11) is 0. The molecule has 0 spiro atoms. The molecular formula is C13H17NO. The van der Waals surface area contributed by atoms with Gasteiger partial charge in [0, 0.05) is 18.5 Å². The molecule has 0 aromatic heterocycles. The molecular weight excluding hydrogens is 186 g/mol. The first-order valence-electron chi connectivity index (χ1n) is 5.90. The molecule has 0 saturated carbocycles. The van der Waals surface area contributed by atoms with Gasteiger partial charge in [0.05, 0.1) is 6.61 Å². The lowest BCUT2D eigenvalue weighted by atomic mass is 9.87. The van der Waals surface area contributed by atoms with Crippen molar-refractivity contribution in [1.82, 2.24) is 5.32 Å². The second kappa shape index (κ2) is 3.86. The summed E-state index contributed by atoms with van der Waals surface area (Å²) in [5, 5.41) is 3.48. The maximum Gasteiger partial charge on any atom is 0.122 e. The van der Waals surface area contributed by atoms with Gasteiger partial charge in [0.25, 0.3) is 0 Å². The number of nitrogens with one attached hydrogen (secondary N) is 1. The number of benzene rings is 1. The first kappa shape index (κ1) is 9.22. The van der Waals surface area contributed by atoms with Gasteiger partial charge in [-0.3, -0.25) is 0 Å². The fourth-order valence-corrected chi connectivity index (χ4v) is 2.75. The molecule has 1 atom stereocenters. The van der Waals surface area contributed by atoms with Crippen LogP contribution in [0.5, 0.6) is 5.75 Å². The summed E-state index contributed by atoms with van der Waals surface area (Å²) in [5.74, 6) is 1.83. The lowest BCUT2D eigenvalue weighted by molar-refractivity contribution is 0.357. The van der Waals surface area contributed by atoms with Crippen molar-refractivity contribution in [1.29, 1.82) is 0 Å². The number of fused-ring (bicyclic) bond motifs is 1. The van der Waals surface area contributed by atoms with E-state index in [1.54, 1.807) is 0 Å². The number of ether oxygens (including phenoxy) is 1. The maximum atomic E-state index is 5.61. The van der Waals surface area contributed by atoms with Gasteiger partial charge in [0.1, 0.15) is 5.75 Å². The topological polar surface area (TPSA) is 21.3 Å². The van der Waals surface area contributed by atoms with E-state index >= 15 is 0 Å². The fourth-order valence-electron chi connectivity index (χ4n) is 2.75. The molecule has 1 aromatic rings. The molecule has 1 saturated heterocycles. The Balaban J connectivity index is 1.93. The minimum Gasteiger partial charge on any atom is -0.493 e. The SMILES string of the molecule is c1cc2c(c([C@@H]3CCCNC3)c1)CCO2. The number of hydrogen-bond acceptors (Lipinski definition) is 2. The minimum atomic E-state index is 0.704. The Morgan fingerprint density at radius 1 is 1.33 bits per heavy atom. The highest BCUT2D eigenvalue weighted by Crippen LogP contribution is 2.34. The molecule has 1 aromatic carbocycles. The highest BCUT2D eigenvalue weighted by atomic mass is 16.5. The van der Waals surface area contributed by atoms with Gasteiger partial charge in [0.15, 0.2) is 0 Å². The Morgan fingerprint density at radius 3 is 3.20 bits per heavy atom. The van der Waals surface area contributed by atoms with Crippen LogP contribution in [0.2, 0.25) is 0 Å². The van der Waals surface area contributed by atoms with Gasteiger partial charge in [-0.05, 0) is 36.9 Å². The summed E-state index contributed by atoms with van der Waals surface area (Å²) < 4.78 is 5.61. The predicted molar refractivity (Wildman–Crippen MR) is 60.5 cm³/mol. The lowest BCUT2D eigenvalue weighted by Gasteiger charge is -2.24. The summed E-state index contributed by atoms with van der Waals surface area (Å²) >= 11 is 0. The molecule has 0 radical (unpaired) electrons. The van der Waals surface area contributed by atoms with Crippen LogP contribution in [0.3, 0.4) is 0 Å². The third kappa shape index (κ3) is 1.63. The van der Waals surface area contributed by atoms with Gasteiger partial charge in [-0.2, -0.15) is 0 Å². The van der Waals surface area contributed by atoms with Crippen molar-refractivity contribution in [3.05, 3.63) is 29.3 Å². The Bertz CT molecular complexity index is 356. The number of hydrogen-bond donors (Lipinski definition) is 1. The van der Waals surface area contributed by atoms with Gasteiger partial charge >= 0.3 is 0 Å². The molecule has 2 heteroatoms. The van der Waals surface area contributed by atoms with E-state index in [4.69, 9.17) is 4.74 Å². The molecule has 1 N–H and O–H groups in total. The first-order chi connectivity index (χ1) is 7.45. The zero-order valence-electron chi connectivity index (χ0n) is 8.96. The van der Waals surface area contributed by atoms with E-state index in [-0.39, 0.29) is 0 Å². The van der Waals surface area contributed by atoms with E-state index < -0.39 is 0 Å². The molecule has 15 heavy (non-hydrogen) atoms. The van der Waals surface area contributed by atoms with E-state index in [0.717, 1.165) is 25.3 Å². The zero-order valence-corrected chi connectivity index (χ0v) is 8.96. The molecule has 1 fully saturated rings. The van der Waals surface area contributed by atoms with Crippen molar-refractivity contribution in [2.45, 2.75) is 25.2 Å². The van der Waals surface area contributed by atoms with Crippen molar-refractivity contribution in [3.63, 3.8) is 0 Å². The van der Waals surface area contributed by atoms with Crippen LogP contribution in [0.4, 0.5) is 0 Å². The maximum absolute atomic E-state index is 5.61. The normalized spacial score (nSPS) is 24.7. The van der Waals surface area contributed by atoms with Crippen molar-refractivity contribution in [2.75, 3.05) is 19.7 Å². The van der Waals surface area contributed by atoms with Crippen molar-refractivity contribution < 1.29 is 4.74 Å². The average molecular weight is 203 g/mol. The molecule has 3 rings (SSSR count). The van der Waals surface area contributed by atoms with Crippen LogP contribution in [0.15, 0.2) is 18.2 Å². The smallest absolute Gasteiger partial charge is 0.122 e. The summed E-state index contributed by atoms with van der Waals surface area (Å²) in [5.41, 5.74) is 2.99. The van der Waals surface area contributed by atoms with Gasteiger partial charge in [0.2, 0.25) is 0 Å². The molecule has 0 amide bonds. The van der Waals surface area contributed by atoms with Crippen molar-refractivity contribution in [3.8, 4) is 5.75 Å². The molecule has 2 aliphatic rings. The van der Waals surface area contributed by atoms with Gasteiger partial charge in [-0.1, -0.05) is 12.1 Å². The van der Waals surface area contributed by atoms with E-state index in [1.165, 1.54) is 30.5 Å². The summed E-state index contributed by atoms with van der Waals surface area (Å²) in [6.45, 7) is 3.19. The highest BCUT2D eigenvalue weighted by molar-refractivity contribution is 5.44. The fraction of sp³-hybridized carbons (Fsp3) is 0.538. The third-order valence-corrected chi connectivity index (χ3v) is 3.52. The Morgan fingerprint density at radius 2 is 2.33 bits per heavy atom. The Kier molecular flexibility index (Phi) is 2.37. The second-order valence-electron chi connectivity index (χ2n) is 4.47. The van der Waals surface area contributed by atoms with Crippen LogP contribution in [-0.4, -0.2) is 19.7 Å². The van der Waals surface area contributed by atoms with E-state index in [0.29, 0.717) is 5.92 Å². The second-order valence-corrected chi connectivity index (χ2v) is 4.47. The molecule has 80 valence electrons. The van der Waals surface area contributed by atoms with E-state index in [1.807, 2.05) is 0 Å². The van der Waals surface area contributed by atoms with E-state index in [9.17, 15) is 0 Å². The van der Waals surface area contributed by atoms with Gasteiger partial charge in [-0.25, -0.2) is 0 Å². The molecule has 2 aliphatic heterocycles. The zero-order chi connectivity index (χ0) is 10.1. The van der Waals surface area contributed by atoms with Crippen LogP contribution in [-0.2, 0) is 6.42 Å². The molecule has 0 aliphatic carbocycles. The van der Waals surface area contributed by atoms with E-state index in [2.05, 4.69) is 23.5 Å². The molecule has 2 heterocycles. The van der Waals surface area contributed by atoms with Gasteiger partial charge in [-0.15, -0.1) is 0 Å². The monoisotopic (exact) mass is 203 g/mol. The van der Waals surface area contributed by atoms with Crippen LogP contribution in [0.1, 0.15) is 29.9 Å². The molecule has 0 unspecified atom stereocenters. The Labute approximate surface area is 90.6 Å². The summed E-state index contributed by atoms with van der Waals surface area (Å²) in [6, 6.07) is 6.52. The predicted octanol–water partition coefficient (Wildman–Crippen LogP) is 2.09. The van der Waals surface area contributed by atoms with Crippen LogP contribution in [0.25, 0.3) is 0 Å². The van der Waals surface area contributed by atoms with Crippen LogP contribution in [0, 0.1) is 0 Å².